The average Bonchev–Trinajstić information content (AvgIpc) is 2.15. The molecule has 0 bridgehead atoms. The number of H-pyrrole nitrogens is 1. The Hall–Kier alpha value is -2.11. The molecule has 0 fully saturated rings. The van der Waals surface area contributed by atoms with Gasteiger partial charge in [0, 0.05) is 6.07 Å². The van der Waals surface area contributed by atoms with Crippen molar-refractivity contribution in [2.24, 2.45) is 0 Å². The SMILES string of the molecule is COC(=O)c1cc(C(=O)O)[nH]c(=O)c1. The van der Waals surface area contributed by atoms with Crippen molar-refractivity contribution in [3.05, 3.63) is 33.7 Å². The molecule has 0 atom stereocenters. The van der Waals surface area contributed by atoms with Crippen LogP contribution in [0.25, 0.3) is 0 Å². The fraction of sp³-hybridized carbons (Fsp3) is 0.125. The number of aromatic nitrogens is 1. The third-order valence-corrected chi connectivity index (χ3v) is 1.50. The summed E-state index contributed by atoms with van der Waals surface area (Å²) in [7, 11) is 1.14. The zero-order chi connectivity index (χ0) is 10.7. The predicted octanol–water partition coefficient (Wildman–Crippen LogP) is -0.140. The van der Waals surface area contributed by atoms with Gasteiger partial charge in [0.15, 0.2) is 0 Å². The van der Waals surface area contributed by atoms with Crippen molar-refractivity contribution in [3.63, 3.8) is 0 Å². The summed E-state index contributed by atoms with van der Waals surface area (Å²) in [6.45, 7) is 0. The molecule has 0 amide bonds. The summed E-state index contributed by atoms with van der Waals surface area (Å²) in [5.74, 6) is -2.06. The number of nitrogens with one attached hydrogen (secondary N) is 1. The second-order valence-corrected chi connectivity index (χ2v) is 2.44. The molecule has 0 aliphatic rings. The molecule has 0 unspecified atom stereocenters. The van der Waals surface area contributed by atoms with E-state index < -0.39 is 17.5 Å². The first-order chi connectivity index (χ1) is 6.54. The number of aromatic amines is 1. The molecule has 0 aliphatic carbocycles. The molecule has 0 saturated carbocycles. The third-order valence-electron chi connectivity index (χ3n) is 1.50. The number of methoxy groups -OCH3 is 1. The Morgan fingerprint density at radius 2 is 2.07 bits per heavy atom. The van der Waals surface area contributed by atoms with E-state index in [9.17, 15) is 14.4 Å². The molecular formula is C8H7NO5. The number of carbonyl (C=O) groups excluding carboxylic acids is 1. The largest absolute Gasteiger partial charge is 0.477 e. The van der Waals surface area contributed by atoms with Gasteiger partial charge < -0.3 is 14.8 Å². The van der Waals surface area contributed by atoms with Crippen LogP contribution in [0, 0.1) is 0 Å². The number of aromatic carboxylic acids is 1. The normalized spacial score (nSPS) is 9.50. The van der Waals surface area contributed by atoms with Gasteiger partial charge >= 0.3 is 11.9 Å². The van der Waals surface area contributed by atoms with Gasteiger partial charge in [-0.3, -0.25) is 4.79 Å². The number of ether oxygens (including phenoxy) is 1. The number of hydrogen-bond donors (Lipinski definition) is 2. The third kappa shape index (κ3) is 1.98. The summed E-state index contributed by atoms with van der Waals surface area (Å²) in [4.78, 5) is 34.4. The molecule has 0 saturated heterocycles. The Balaban J connectivity index is 3.27. The zero-order valence-corrected chi connectivity index (χ0v) is 7.23. The van der Waals surface area contributed by atoms with Crippen LogP contribution in [0.4, 0.5) is 0 Å². The molecule has 0 aromatic carbocycles. The van der Waals surface area contributed by atoms with Crippen molar-refractivity contribution < 1.29 is 19.4 Å². The van der Waals surface area contributed by atoms with Crippen molar-refractivity contribution in [2.45, 2.75) is 0 Å². The zero-order valence-electron chi connectivity index (χ0n) is 7.23. The van der Waals surface area contributed by atoms with Gasteiger partial charge in [0.2, 0.25) is 5.56 Å². The second-order valence-electron chi connectivity index (χ2n) is 2.44. The fourth-order valence-corrected chi connectivity index (χ4v) is 0.894. The molecule has 0 radical (unpaired) electrons. The molecule has 1 aromatic heterocycles. The minimum atomic E-state index is -1.31. The lowest BCUT2D eigenvalue weighted by Gasteiger charge is -1.99. The Morgan fingerprint density at radius 3 is 2.57 bits per heavy atom. The van der Waals surface area contributed by atoms with Crippen LogP contribution in [-0.2, 0) is 4.74 Å². The quantitative estimate of drug-likeness (QED) is 0.643. The Labute approximate surface area is 78.1 Å². The predicted molar refractivity (Wildman–Crippen MR) is 45.4 cm³/mol. The van der Waals surface area contributed by atoms with Crippen LogP contribution < -0.4 is 5.56 Å². The average molecular weight is 197 g/mol. The van der Waals surface area contributed by atoms with E-state index in [2.05, 4.69) is 9.72 Å². The van der Waals surface area contributed by atoms with E-state index in [0.717, 1.165) is 19.2 Å². The van der Waals surface area contributed by atoms with Crippen LogP contribution in [-0.4, -0.2) is 29.1 Å². The highest BCUT2D eigenvalue weighted by molar-refractivity contribution is 5.93. The molecular weight excluding hydrogens is 190 g/mol. The van der Waals surface area contributed by atoms with E-state index in [1.54, 1.807) is 0 Å². The first-order valence-electron chi connectivity index (χ1n) is 3.60. The Morgan fingerprint density at radius 1 is 1.43 bits per heavy atom. The van der Waals surface area contributed by atoms with Crippen LogP contribution >= 0.6 is 0 Å². The maximum Gasteiger partial charge on any atom is 0.352 e. The van der Waals surface area contributed by atoms with E-state index in [-0.39, 0.29) is 11.3 Å². The smallest absolute Gasteiger partial charge is 0.352 e. The molecule has 1 rings (SSSR count). The first-order valence-corrected chi connectivity index (χ1v) is 3.60. The highest BCUT2D eigenvalue weighted by Crippen LogP contribution is 2.00. The van der Waals surface area contributed by atoms with E-state index >= 15 is 0 Å². The monoisotopic (exact) mass is 197 g/mol. The van der Waals surface area contributed by atoms with Crippen molar-refractivity contribution in [3.8, 4) is 0 Å². The number of carboxylic acids is 1. The summed E-state index contributed by atoms with van der Waals surface area (Å²) in [6.07, 6.45) is 0. The molecule has 6 heteroatoms. The van der Waals surface area contributed by atoms with Gasteiger partial charge in [0.1, 0.15) is 5.69 Å². The number of hydrogen-bond acceptors (Lipinski definition) is 4. The maximum absolute atomic E-state index is 11.0. The Kier molecular flexibility index (Phi) is 2.66. The number of pyridine rings is 1. The highest BCUT2D eigenvalue weighted by atomic mass is 16.5. The number of esters is 1. The topological polar surface area (TPSA) is 96.5 Å². The van der Waals surface area contributed by atoms with E-state index in [1.165, 1.54) is 0 Å². The molecule has 1 heterocycles. The second kappa shape index (κ2) is 3.73. The number of rotatable bonds is 2. The van der Waals surface area contributed by atoms with Crippen LogP contribution in [0.1, 0.15) is 20.8 Å². The van der Waals surface area contributed by atoms with Gasteiger partial charge in [-0.1, -0.05) is 0 Å². The van der Waals surface area contributed by atoms with Crippen molar-refractivity contribution in [1.29, 1.82) is 0 Å². The van der Waals surface area contributed by atoms with Gasteiger partial charge in [-0.05, 0) is 6.07 Å². The van der Waals surface area contributed by atoms with Gasteiger partial charge in [-0.15, -0.1) is 0 Å². The molecule has 0 spiro atoms. The molecule has 1 aromatic rings. The van der Waals surface area contributed by atoms with Gasteiger partial charge in [0.25, 0.3) is 0 Å². The van der Waals surface area contributed by atoms with Gasteiger partial charge in [0.05, 0.1) is 12.7 Å². The van der Waals surface area contributed by atoms with Gasteiger partial charge in [-0.2, -0.15) is 0 Å². The summed E-state index contributed by atoms with van der Waals surface area (Å²) in [6, 6.07) is 2.01. The van der Waals surface area contributed by atoms with Gasteiger partial charge in [-0.25, -0.2) is 9.59 Å². The number of carboxylic acid groups (broad SMARTS) is 1. The highest BCUT2D eigenvalue weighted by Gasteiger charge is 2.11. The molecule has 14 heavy (non-hydrogen) atoms. The lowest BCUT2D eigenvalue weighted by atomic mass is 10.2. The Bertz CT molecular complexity index is 434. The minimum absolute atomic E-state index is 0.0892. The van der Waals surface area contributed by atoms with E-state index in [4.69, 9.17) is 5.11 Å². The lowest BCUT2D eigenvalue weighted by Crippen LogP contribution is -2.15. The minimum Gasteiger partial charge on any atom is -0.477 e. The van der Waals surface area contributed by atoms with Crippen LogP contribution in [0.15, 0.2) is 16.9 Å². The maximum atomic E-state index is 11.0. The van der Waals surface area contributed by atoms with Crippen molar-refractivity contribution in [1.82, 2.24) is 4.98 Å². The van der Waals surface area contributed by atoms with Crippen molar-refractivity contribution in [2.75, 3.05) is 7.11 Å². The summed E-state index contributed by atoms with van der Waals surface area (Å²) < 4.78 is 4.34. The summed E-state index contributed by atoms with van der Waals surface area (Å²) in [5, 5.41) is 8.57. The summed E-state index contributed by atoms with van der Waals surface area (Å²) in [5.41, 5.74) is -1.10. The lowest BCUT2D eigenvalue weighted by molar-refractivity contribution is 0.0600. The molecule has 6 nitrogen and oxygen atoms in total. The van der Waals surface area contributed by atoms with Crippen LogP contribution in [0.5, 0.6) is 0 Å². The van der Waals surface area contributed by atoms with Crippen LogP contribution in [0.2, 0.25) is 0 Å². The van der Waals surface area contributed by atoms with Crippen molar-refractivity contribution >= 4 is 11.9 Å². The number of carbonyl (C=O) groups is 2. The standard InChI is InChI=1S/C8H7NO5/c1-14-8(13)4-2-5(7(11)12)9-6(10)3-4/h2-3H,1H3,(H,9,10)(H,11,12). The van der Waals surface area contributed by atoms with E-state index in [1.807, 2.05) is 0 Å². The first kappa shape index (κ1) is 9.97. The van der Waals surface area contributed by atoms with E-state index in [0.29, 0.717) is 0 Å². The summed E-state index contributed by atoms with van der Waals surface area (Å²) >= 11 is 0. The fourth-order valence-electron chi connectivity index (χ4n) is 0.894. The molecule has 0 aliphatic heterocycles. The molecule has 2 N–H and O–H groups in total. The molecule has 74 valence electrons. The van der Waals surface area contributed by atoms with Crippen LogP contribution in [0.3, 0.4) is 0 Å².